The molecule has 0 spiro atoms. The third-order valence-corrected chi connectivity index (χ3v) is 7.60. The highest BCUT2D eigenvalue weighted by atomic mass is 35.5. The number of sulfonamides is 1. The first-order valence-corrected chi connectivity index (χ1v) is 12.4. The number of hydrogen-bond donors (Lipinski definition) is 1. The molecule has 1 unspecified atom stereocenters. The molecule has 0 aliphatic carbocycles. The fourth-order valence-corrected chi connectivity index (χ4v) is 5.03. The number of nitrogens with one attached hydrogen (secondary N) is 1. The molecule has 1 amide bonds. The molecule has 9 heteroatoms. The summed E-state index contributed by atoms with van der Waals surface area (Å²) in [5.41, 5.74) is 1.12. The van der Waals surface area contributed by atoms with Crippen LogP contribution in [0.5, 0.6) is 5.75 Å². The topological polar surface area (TPSA) is 75.7 Å². The second-order valence-electron chi connectivity index (χ2n) is 7.22. The highest BCUT2D eigenvalue weighted by Crippen LogP contribution is 2.30. The van der Waals surface area contributed by atoms with Gasteiger partial charge in [-0.2, -0.15) is 0 Å². The van der Waals surface area contributed by atoms with E-state index >= 15 is 0 Å². The van der Waals surface area contributed by atoms with Crippen molar-refractivity contribution < 1.29 is 17.9 Å². The summed E-state index contributed by atoms with van der Waals surface area (Å²) in [6, 6.07) is 19.4. The molecule has 0 saturated carbocycles. The van der Waals surface area contributed by atoms with E-state index in [9.17, 15) is 13.2 Å². The van der Waals surface area contributed by atoms with Crippen LogP contribution in [-0.2, 0) is 14.8 Å². The van der Waals surface area contributed by atoms with Crippen molar-refractivity contribution in [1.82, 2.24) is 5.32 Å². The number of amides is 1. The zero-order valence-electron chi connectivity index (χ0n) is 18.2. The Balaban J connectivity index is 1.90. The lowest BCUT2D eigenvalue weighted by Crippen LogP contribution is -2.42. The van der Waals surface area contributed by atoms with Gasteiger partial charge in [0.05, 0.1) is 33.8 Å². The van der Waals surface area contributed by atoms with Gasteiger partial charge in [-0.15, -0.1) is 0 Å². The first kappa shape index (κ1) is 24.9. The molecule has 0 saturated heterocycles. The third-order valence-electron chi connectivity index (χ3n) is 5.07. The zero-order valence-corrected chi connectivity index (χ0v) is 20.5. The van der Waals surface area contributed by atoms with Gasteiger partial charge in [0.25, 0.3) is 10.0 Å². The standard InChI is InChI=1S/C24H24Cl2N2O4S/c1-3-23(17-9-12-19(32-2)13-10-17)27-24(29)16-28(18-11-14-21(25)22(26)15-18)33(30,31)20-7-5-4-6-8-20/h4-15,23H,3,16H2,1-2H3,(H,27,29). The molecule has 33 heavy (non-hydrogen) atoms. The maximum absolute atomic E-state index is 13.4. The molecule has 0 aliphatic heterocycles. The lowest BCUT2D eigenvalue weighted by molar-refractivity contribution is -0.120. The van der Waals surface area contributed by atoms with Crippen LogP contribution in [0.1, 0.15) is 24.9 Å². The number of benzene rings is 3. The van der Waals surface area contributed by atoms with E-state index in [2.05, 4.69) is 5.32 Å². The lowest BCUT2D eigenvalue weighted by atomic mass is 10.0. The summed E-state index contributed by atoms with van der Waals surface area (Å²) in [7, 11) is -2.46. The van der Waals surface area contributed by atoms with Crippen molar-refractivity contribution in [2.45, 2.75) is 24.3 Å². The van der Waals surface area contributed by atoms with Gasteiger partial charge in [0.1, 0.15) is 12.3 Å². The molecule has 1 N–H and O–H groups in total. The minimum atomic E-state index is -4.04. The predicted octanol–water partition coefficient (Wildman–Crippen LogP) is 5.46. The van der Waals surface area contributed by atoms with Gasteiger partial charge in [0, 0.05) is 0 Å². The Morgan fingerprint density at radius 2 is 1.67 bits per heavy atom. The number of halogens is 2. The van der Waals surface area contributed by atoms with Gasteiger partial charge >= 0.3 is 0 Å². The number of carbonyl (C=O) groups excluding carboxylic acids is 1. The van der Waals surface area contributed by atoms with Gasteiger partial charge in [-0.25, -0.2) is 8.42 Å². The van der Waals surface area contributed by atoms with Gasteiger partial charge < -0.3 is 10.1 Å². The van der Waals surface area contributed by atoms with Crippen LogP contribution in [-0.4, -0.2) is 28.0 Å². The van der Waals surface area contributed by atoms with Crippen LogP contribution in [0, 0.1) is 0 Å². The Kier molecular flexibility index (Phi) is 8.24. The number of anilines is 1. The number of hydrogen-bond acceptors (Lipinski definition) is 4. The molecule has 3 aromatic carbocycles. The van der Waals surface area contributed by atoms with Crippen LogP contribution < -0.4 is 14.4 Å². The normalized spacial score (nSPS) is 12.1. The molecule has 174 valence electrons. The van der Waals surface area contributed by atoms with E-state index in [1.165, 1.54) is 30.3 Å². The maximum Gasteiger partial charge on any atom is 0.264 e. The van der Waals surface area contributed by atoms with Crippen molar-refractivity contribution in [2.75, 3.05) is 18.0 Å². The first-order valence-electron chi connectivity index (χ1n) is 10.2. The summed E-state index contributed by atoms with van der Waals surface area (Å²) in [5.74, 6) is 0.253. The number of rotatable bonds is 9. The lowest BCUT2D eigenvalue weighted by Gasteiger charge is -2.26. The van der Waals surface area contributed by atoms with E-state index in [1.807, 2.05) is 31.2 Å². The molecule has 3 rings (SSSR count). The van der Waals surface area contributed by atoms with Crippen molar-refractivity contribution in [2.24, 2.45) is 0 Å². The Hall–Kier alpha value is -2.74. The van der Waals surface area contributed by atoms with Crippen LogP contribution in [0.25, 0.3) is 0 Å². The predicted molar refractivity (Wildman–Crippen MR) is 132 cm³/mol. The second-order valence-corrected chi connectivity index (χ2v) is 9.90. The monoisotopic (exact) mass is 506 g/mol. The summed E-state index contributed by atoms with van der Waals surface area (Å²) in [6.45, 7) is 1.51. The minimum Gasteiger partial charge on any atom is -0.497 e. The smallest absolute Gasteiger partial charge is 0.264 e. The molecule has 0 heterocycles. The van der Waals surface area contributed by atoms with Crippen molar-refractivity contribution in [1.29, 1.82) is 0 Å². The van der Waals surface area contributed by atoms with E-state index in [0.717, 1.165) is 9.87 Å². The van der Waals surface area contributed by atoms with Crippen molar-refractivity contribution >= 4 is 44.8 Å². The maximum atomic E-state index is 13.4. The van der Waals surface area contributed by atoms with Crippen LogP contribution in [0.4, 0.5) is 5.69 Å². The van der Waals surface area contributed by atoms with Gasteiger partial charge in [0.2, 0.25) is 5.91 Å². The minimum absolute atomic E-state index is 0.0612. The van der Waals surface area contributed by atoms with E-state index in [1.54, 1.807) is 25.3 Å². The highest BCUT2D eigenvalue weighted by molar-refractivity contribution is 7.92. The summed E-state index contributed by atoms with van der Waals surface area (Å²) in [4.78, 5) is 13.1. The van der Waals surface area contributed by atoms with Crippen molar-refractivity contribution in [3.63, 3.8) is 0 Å². The first-order chi connectivity index (χ1) is 15.8. The molecule has 3 aromatic rings. The van der Waals surface area contributed by atoms with E-state index in [4.69, 9.17) is 27.9 Å². The molecule has 0 aliphatic rings. The number of ether oxygens (including phenoxy) is 1. The Morgan fingerprint density at radius 1 is 1.00 bits per heavy atom. The Labute approximate surface area is 204 Å². The number of carbonyl (C=O) groups is 1. The molecule has 0 radical (unpaired) electrons. The quantitative estimate of drug-likeness (QED) is 0.417. The van der Waals surface area contributed by atoms with Gasteiger partial charge in [-0.05, 0) is 54.4 Å². The molecular formula is C24H24Cl2N2O4S. The largest absolute Gasteiger partial charge is 0.497 e. The number of methoxy groups -OCH3 is 1. The van der Waals surface area contributed by atoms with Crippen molar-refractivity contribution in [3.8, 4) is 5.75 Å². The van der Waals surface area contributed by atoms with E-state index in [0.29, 0.717) is 12.2 Å². The zero-order chi connectivity index (χ0) is 24.0. The molecule has 1 atom stereocenters. The summed E-state index contributed by atoms with van der Waals surface area (Å²) in [5, 5.41) is 3.40. The molecule has 0 aromatic heterocycles. The molecule has 6 nitrogen and oxygen atoms in total. The molecular weight excluding hydrogens is 483 g/mol. The van der Waals surface area contributed by atoms with Crippen LogP contribution in [0.2, 0.25) is 10.0 Å². The Morgan fingerprint density at radius 3 is 2.24 bits per heavy atom. The van der Waals surface area contributed by atoms with Crippen LogP contribution in [0.15, 0.2) is 77.7 Å². The summed E-state index contributed by atoms with van der Waals surface area (Å²) >= 11 is 12.1. The van der Waals surface area contributed by atoms with Crippen LogP contribution in [0.3, 0.4) is 0 Å². The molecule has 0 bridgehead atoms. The van der Waals surface area contributed by atoms with Crippen LogP contribution >= 0.6 is 23.2 Å². The van der Waals surface area contributed by atoms with Crippen molar-refractivity contribution in [3.05, 3.63) is 88.4 Å². The Bertz CT molecular complexity index is 1200. The summed E-state index contributed by atoms with van der Waals surface area (Å²) < 4.78 is 33.0. The second kappa shape index (κ2) is 10.9. The SMILES string of the molecule is CCC(NC(=O)CN(c1ccc(Cl)c(Cl)c1)S(=O)(=O)c1ccccc1)c1ccc(OC)cc1. The fourth-order valence-electron chi connectivity index (χ4n) is 3.30. The highest BCUT2D eigenvalue weighted by Gasteiger charge is 2.28. The average molecular weight is 507 g/mol. The van der Waals surface area contributed by atoms with E-state index in [-0.39, 0.29) is 26.7 Å². The van der Waals surface area contributed by atoms with Gasteiger partial charge in [-0.1, -0.05) is 60.5 Å². The number of nitrogens with zero attached hydrogens (tertiary/aromatic N) is 1. The summed E-state index contributed by atoms with van der Waals surface area (Å²) in [6.07, 6.45) is 0.621. The third kappa shape index (κ3) is 5.99. The van der Waals surface area contributed by atoms with Gasteiger partial charge in [0.15, 0.2) is 0 Å². The van der Waals surface area contributed by atoms with E-state index < -0.39 is 22.5 Å². The average Bonchev–Trinajstić information content (AvgIpc) is 2.83. The molecule has 0 fully saturated rings. The fraction of sp³-hybridized carbons (Fsp3) is 0.208. The van der Waals surface area contributed by atoms with Gasteiger partial charge in [-0.3, -0.25) is 9.10 Å².